The molecule has 3 heteroatoms. The number of hydrogen-bond acceptors (Lipinski definition) is 3. The molecule has 1 aliphatic heterocycles. The number of nitrogens with zero attached hydrogens (tertiary/aromatic N) is 2. The van der Waals surface area contributed by atoms with Crippen molar-refractivity contribution in [2.75, 3.05) is 40.3 Å². The minimum absolute atomic E-state index is 1.15. The summed E-state index contributed by atoms with van der Waals surface area (Å²) in [5.41, 5.74) is 3.13. The first-order valence-electron chi connectivity index (χ1n) is 5.44. The van der Waals surface area contributed by atoms with Gasteiger partial charge in [0.15, 0.2) is 0 Å². The molecule has 0 aromatic carbocycles. The molecule has 13 heavy (non-hydrogen) atoms. The van der Waals surface area contributed by atoms with E-state index in [2.05, 4.69) is 22.4 Å². The molecule has 0 spiro atoms. The standard InChI is InChI=1S/C6H15N3.2C2H6/c1-7-9-5-3-8(2)4-6-9;2*1-2/h7H,3-6H2,1-2H3;2*1-2H3. The maximum absolute atomic E-state index is 3.13. The van der Waals surface area contributed by atoms with Crippen molar-refractivity contribution in [3.05, 3.63) is 0 Å². The van der Waals surface area contributed by atoms with Gasteiger partial charge in [-0.05, 0) is 14.1 Å². The average Bonchev–Trinajstić information content (AvgIpc) is 2.25. The second-order valence-corrected chi connectivity index (χ2v) is 2.51. The first kappa shape index (κ1) is 15.4. The summed E-state index contributed by atoms with van der Waals surface area (Å²) in [6.07, 6.45) is 0. The van der Waals surface area contributed by atoms with Crippen molar-refractivity contribution in [1.29, 1.82) is 0 Å². The largest absolute Gasteiger partial charge is 0.304 e. The summed E-state index contributed by atoms with van der Waals surface area (Å²) in [6.45, 7) is 12.7. The molecule has 0 atom stereocenters. The van der Waals surface area contributed by atoms with E-state index in [9.17, 15) is 0 Å². The van der Waals surface area contributed by atoms with Crippen molar-refractivity contribution in [2.45, 2.75) is 27.7 Å². The molecule has 0 aromatic heterocycles. The van der Waals surface area contributed by atoms with Crippen molar-refractivity contribution < 1.29 is 0 Å². The SMILES string of the molecule is CC.CC.CNN1CCN(C)CC1. The van der Waals surface area contributed by atoms with Crippen LogP contribution in [0.25, 0.3) is 0 Å². The van der Waals surface area contributed by atoms with Crippen LogP contribution in [0.15, 0.2) is 0 Å². The van der Waals surface area contributed by atoms with Gasteiger partial charge in [0.2, 0.25) is 0 Å². The molecule has 3 nitrogen and oxygen atoms in total. The molecule has 1 N–H and O–H groups in total. The molecule has 0 amide bonds. The fourth-order valence-electron chi connectivity index (χ4n) is 1.03. The lowest BCUT2D eigenvalue weighted by atomic mass is 10.4. The van der Waals surface area contributed by atoms with Gasteiger partial charge in [0.1, 0.15) is 0 Å². The molecule has 0 unspecified atom stereocenters. The maximum atomic E-state index is 3.13. The minimum Gasteiger partial charge on any atom is -0.304 e. The molecule has 82 valence electrons. The molecule has 0 bridgehead atoms. The van der Waals surface area contributed by atoms with Crippen LogP contribution in [-0.2, 0) is 0 Å². The first-order valence-corrected chi connectivity index (χ1v) is 5.44. The Bertz CT molecular complexity index is 78.2. The minimum atomic E-state index is 1.15. The molecule has 0 radical (unpaired) electrons. The number of rotatable bonds is 1. The zero-order valence-corrected chi connectivity index (χ0v) is 10.2. The summed E-state index contributed by atoms with van der Waals surface area (Å²) in [4.78, 5) is 2.34. The Hall–Kier alpha value is -0.120. The number of piperazine rings is 1. The van der Waals surface area contributed by atoms with Crippen molar-refractivity contribution >= 4 is 0 Å². The number of likely N-dealkylation sites (N-methyl/N-ethyl adjacent to an activating group) is 1. The Balaban J connectivity index is 0. The summed E-state index contributed by atoms with van der Waals surface area (Å²) in [5.74, 6) is 0. The van der Waals surface area contributed by atoms with E-state index in [0.29, 0.717) is 0 Å². The van der Waals surface area contributed by atoms with E-state index in [4.69, 9.17) is 0 Å². The molecule has 1 saturated heterocycles. The van der Waals surface area contributed by atoms with Crippen LogP contribution in [0.1, 0.15) is 27.7 Å². The Morgan fingerprint density at radius 3 is 1.54 bits per heavy atom. The highest BCUT2D eigenvalue weighted by Crippen LogP contribution is 1.93. The van der Waals surface area contributed by atoms with Crippen LogP contribution in [0.4, 0.5) is 0 Å². The Labute approximate surface area is 84.1 Å². The second kappa shape index (κ2) is 11.9. The molecule has 0 aromatic rings. The molecule has 1 rings (SSSR count). The monoisotopic (exact) mass is 189 g/mol. The Morgan fingerprint density at radius 1 is 0.846 bits per heavy atom. The third-order valence-electron chi connectivity index (χ3n) is 1.82. The maximum Gasteiger partial charge on any atom is 0.0259 e. The predicted molar refractivity (Wildman–Crippen MR) is 60.8 cm³/mol. The van der Waals surface area contributed by atoms with Crippen LogP contribution in [0, 0.1) is 0 Å². The molecular formula is C10H27N3. The lowest BCUT2D eigenvalue weighted by Gasteiger charge is -2.31. The third-order valence-corrected chi connectivity index (χ3v) is 1.82. The van der Waals surface area contributed by atoms with Crippen LogP contribution in [0.2, 0.25) is 0 Å². The van der Waals surface area contributed by atoms with E-state index in [1.54, 1.807) is 0 Å². The highest BCUT2D eigenvalue weighted by Gasteiger charge is 2.10. The van der Waals surface area contributed by atoms with E-state index in [-0.39, 0.29) is 0 Å². The van der Waals surface area contributed by atoms with Crippen molar-refractivity contribution in [2.24, 2.45) is 0 Å². The Kier molecular flexibility index (Phi) is 14.0. The first-order chi connectivity index (χ1) is 6.33. The zero-order valence-electron chi connectivity index (χ0n) is 10.2. The van der Waals surface area contributed by atoms with Gasteiger partial charge in [-0.3, -0.25) is 5.43 Å². The van der Waals surface area contributed by atoms with Crippen LogP contribution in [0.5, 0.6) is 0 Å². The summed E-state index contributed by atoms with van der Waals surface area (Å²) >= 11 is 0. The van der Waals surface area contributed by atoms with E-state index < -0.39 is 0 Å². The summed E-state index contributed by atoms with van der Waals surface area (Å²) in [5, 5.41) is 2.24. The highest BCUT2D eigenvalue weighted by atomic mass is 15.5. The smallest absolute Gasteiger partial charge is 0.0259 e. The molecule has 1 heterocycles. The van der Waals surface area contributed by atoms with Gasteiger partial charge in [-0.1, -0.05) is 27.7 Å². The normalized spacial score (nSPS) is 18.0. The molecule has 1 aliphatic rings. The van der Waals surface area contributed by atoms with Crippen molar-refractivity contribution in [3.63, 3.8) is 0 Å². The zero-order chi connectivity index (χ0) is 10.7. The number of hydrogen-bond donors (Lipinski definition) is 1. The average molecular weight is 189 g/mol. The third kappa shape index (κ3) is 8.22. The lowest BCUT2D eigenvalue weighted by Crippen LogP contribution is -2.49. The van der Waals surface area contributed by atoms with Crippen LogP contribution in [-0.4, -0.2) is 50.2 Å². The van der Waals surface area contributed by atoms with Crippen molar-refractivity contribution in [1.82, 2.24) is 15.3 Å². The van der Waals surface area contributed by atoms with E-state index in [0.717, 1.165) is 13.1 Å². The van der Waals surface area contributed by atoms with Crippen LogP contribution in [0.3, 0.4) is 0 Å². The van der Waals surface area contributed by atoms with Gasteiger partial charge in [-0.15, -0.1) is 0 Å². The van der Waals surface area contributed by atoms with Crippen molar-refractivity contribution in [3.8, 4) is 0 Å². The van der Waals surface area contributed by atoms with Gasteiger partial charge in [-0.2, -0.15) is 0 Å². The van der Waals surface area contributed by atoms with Gasteiger partial charge < -0.3 is 4.90 Å². The van der Waals surface area contributed by atoms with Gasteiger partial charge >= 0.3 is 0 Å². The molecule has 0 saturated carbocycles. The number of hydrazine groups is 1. The predicted octanol–water partition coefficient (Wildman–Crippen LogP) is 1.42. The lowest BCUT2D eigenvalue weighted by molar-refractivity contribution is 0.115. The second-order valence-electron chi connectivity index (χ2n) is 2.51. The van der Waals surface area contributed by atoms with Crippen LogP contribution < -0.4 is 5.43 Å². The van der Waals surface area contributed by atoms with Gasteiger partial charge in [0, 0.05) is 26.2 Å². The summed E-state index contributed by atoms with van der Waals surface area (Å²) in [7, 11) is 4.14. The molecule has 0 aliphatic carbocycles. The number of nitrogens with one attached hydrogen (secondary N) is 1. The molecule has 1 fully saturated rings. The summed E-state index contributed by atoms with van der Waals surface area (Å²) in [6, 6.07) is 0. The van der Waals surface area contributed by atoms with E-state index in [1.807, 2.05) is 34.7 Å². The summed E-state index contributed by atoms with van der Waals surface area (Å²) < 4.78 is 0. The fraction of sp³-hybridized carbons (Fsp3) is 1.00. The van der Waals surface area contributed by atoms with Gasteiger partial charge in [-0.25, -0.2) is 5.01 Å². The quantitative estimate of drug-likeness (QED) is 0.673. The van der Waals surface area contributed by atoms with Gasteiger partial charge in [0.25, 0.3) is 0 Å². The van der Waals surface area contributed by atoms with E-state index in [1.165, 1.54) is 13.1 Å². The van der Waals surface area contributed by atoms with E-state index >= 15 is 0 Å². The highest BCUT2D eigenvalue weighted by molar-refractivity contribution is 4.64. The Morgan fingerprint density at radius 2 is 1.23 bits per heavy atom. The van der Waals surface area contributed by atoms with Gasteiger partial charge in [0.05, 0.1) is 0 Å². The fourth-order valence-corrected chi connectivity index (χ4v) is 1.03. The van der Waals surface area contributed by atoms with Crippen LogP contribution >= 0.6 is 0 Å². The molecular weight excluding hydrogens is 162 g/mol. The topological polar surface area (TPSA) is 18.5 Å².